The molecule has 0 aromatic rings. The SMILES string of the molecule is CCCNC(CCC)CN1CC(C)CC1C. The van der Waals surface area contributed by atoms with E-state index in [0.29, 0.717) is 6.04 Å². The van der Waals surface area contributed by atoms with E-state index < -0.39 is 0 Å². The van der Waals surface area contributed by atoms with Crippen LogP contribution in [0.4, 0.5) is 0 Å². The van der Waals surface area contributed by atoms with E-state index in [1.165, 1.54) is 45.3 Å². The quantitative estimate of drug-likeness (QED) is 0.718. The molecule has 0 radical (unpaired) electrons. The molecule has 1 rings (SSSR count). The number of nitrogens with zero attached hydrogens (tertiary/aromatic N) is 1. The van der Waals surface area contributed by atoms with Gasteiger partial charge in [0.05, 0.1) is 0 Å². The summed E-state index contributed by atoms with van der Waals surface area (Å²) in [6.45, 7) is 13.0. The number of hydrogen-bond acceptors (Lipinski definition) is 2. The zero-order chi connectivity index (χ0) is 12.0. The van der Waals surface area contributed by atoms with Crippen LogP contribution >= 0.6 is 0 Å². The van der Waals surface area contributed by atoms with Crippen LogP contribution in [0.5, 0.6) is 0 Å². The summed E-state index contributed by atoms with van der Waals surface area (Å²) in [7, 11) is 0. The Bertz CT molecular complexity index is 182. The summed E-state index contributed by atoms with van der Waals surface area (Å²) in [5.74, 6) is 0.892. The van der Waals surface area contributed by atoms with Crippen LogP contribution in [0.2, 0.25) is 0 Å². The minimum absolute atomic E-state index is 0.706. The Kier molecular flexibility index (Phi) is 6.37. The van der Waals surface area contributed by atoms with Crippen molar-refractivity contribution in [2.75, 3.05) is 19.6 Å². The van der Waals surface area contributed by atoms with Gasteiger partial charge < -0.3 is 5.32 Å². The van der Waals surface area contributed by atoms with Gasteiger partial charge in [-0.3, -0.25) is 4.90 Å². The highest BCUT2D eigenvalue weighted by molar-refractivity contribution is 4.83. The molecule has 96 valence electrons. The molecule has 0 aromatic carbocycles. The Morgan fingerprint density at radius 3 is 2.50 bits per heavy atom. The van der Waals surface area contributed by atoms with E-state index in [4.69, 9.17) is 0 Å². The van der Waals surface area contributed by atoms with Crippen molar-refractivity contribution in [3.05, 3.63) is 0 Å². The van der Waals surface area contributed by atoms with E-state index in [-0.39, 0.29) is 0 Å². The summed E-state index contributed by atoms with van der Waals surface area (Å²) < 4.78 is 0. The van der Waals surface area contributed by atoms with Crippen LogP contribution in [0.15, 0.2) is 0 Å². The Hall–Kier alpha value is -0.0800. The topological polar surface area (TPSA) is 15.3 Å². The van der Waals surface area contributed by atoms with Gasteiger partial charge in [-0.25, -0.2) is 0 Å². The molecule has 3 atom stereocenters. The predicted octanol–water partition coefficient (Wildman–Crippen LogP) is 2.89. The molecule has 0 spiro atoms. The number of hydrogen-bond donors (Lipinski definition) is 1. The molecule has 0 aromatic heterocycles. The molecule has 0 amide bonds. The molecule has 2 heteroatoms. The van der Waals surface area contributed by atoms with E-state index >= 15 is 0 Å². The minimum Gasteiger partial charge on any atom is -0.313 e. The fraction of sp³-hybridized carbons (Fsp3) is 1.00. The summed E-state index contributed by atoms with van der Waals surface area (Å²) in [6, 6.07) is 1.50. The van der Waals surface area contributed by atoms with Crippen molar-refractivity contribution in [1.82, 2.24) is 10.2 Å². The van der Waals surface area contributed by atoms with Crippen LogP contribution in [0.3, 0.4) is 0 Å². The second-order valence-corrected chi connectivity index (χ2v) is 5.58. The maximum Gasteiger partial charge on any atom is 0.0195 e. The van der Waals surface area contributed by atoms with Gasteiger partial charge >= 0.3 is 0 Å². The van der Waals surface area contributed by atoms with Gasteiger partial charge in [0.15, 0.2) is 0 Å². The number of likely N-dealkylation sites (tertiary alicyclic amines) is 1. The molecule has 1 fully saturated rings. The summed E-state index contributed by atoms with van der Waals surface area (Å²) in [5.41, 5.74) is 0. The van der Waals surface area contributed by atoms with Gasteiger partial charge in [-0.2, -0.15) is 0 Å². The van der Waals surface area contributed by atoms with E-state index in [0.717, 1.165) is 12.0 Å². The number of nitrogens with one attached hydrogen (secondary N) is 1. The second kappa shape index (κ2) is 7.29. The zero-order valence-electron chi connectivity index (χ0n) is 11.6. The highest BCUT2D eigenvalue weighted by Crippen LogP contribution is 2.22. The van der Waals surface area contributed by atoms with Gasteiger partial charge in [0.1, 0.15) is 0 Å². The summed E-state index contributed by atoms with van der Waals surface area (Å²) in [5, 5.41) is 3.69. The Labute approximate surface area is 102 Å². The molecule has 1 aliphatic rings. The first-order valence-electron chi connectivity index (χ1n) is 7.14. The average Bonchev–Trinajstić information content (AvgIpc) is 2.54. The molecular formula is C14H30N2. The smallest absolute Gasteiger partial charge is 0.0195 e. The lowest BCUT2D eigenvalue weighted by Gasteiger charge is -2.27. The van der Waals surface area contributed by atoms with Crippen molar-refractivity contribution in [3.63, 3.8) is 0 Å². The largest absolute Gasteiger partial charge is 0.313 e. The summed E-state index contributed by atoms with van der Waals surface area (Å²) >= 11 is 0. The fourth-order valence-electron chi connectivity index (χ4n) is 2.88. The first-order valence-corrected chi connectivity index (χ1v) is 7.14. The summed E-state index contributed by atoms with van der Waals surface area (Å²) in [6.07, 6.45) is 5.23. The molecule has 1 N–H and O–H groups in total. The second-order valence-electron chi connectivity index (χ2n) is 5.58. The first-order chi connectivity index (χ1) is 7.67. The van der Waals surface area contributed by atoms with Gasteiger partial charge in [0, 0.05) is 25.2 Å². The van der Waals surface area contributed by atoms with Crippen molar-refractivity contribution in [1.29, 1.82) is 0 Å². The van der Waals surface area contributed by atoms with Gasteiger partial charge in [-0.1, -0.05) is 27.2 Å². The van der Waals surface area contributed by atoms with E-state index in [1.807, 2.05) is 0 Å². The van der Waals surface area contributed by atoms with Crippen LogP contribution in [0.1, 0.15) is 53.4 Å². The average molecular weight is 226 g/mol. The molecule has 2 nitrogen and oxygen atoms in total. The molecule has 3 unspecified atom stereocenters. The molecule has 0 bridgehead atoms. The van der Waals surface area contributed by atoms with Gasteiger partial charge in [-0.05, 0) is 38.6 Å². The van der Waals surface area contributed by atoms with Gasteiger partial charge in [0.25, 0.3) is 0 Å². The monoisotopic (exact) mass is 226 g/mol. The highest BCUT2D eigenvalue weighted by atomic mass is 15.2. The molecule has 1 aliphatic heterocycles. The third kappa shape index (κ3) is 4.42. The van der Waals surface area contributed by atoms with E-state index in [1.54, 1.807) is 0 Å². The van der Waals surface area contributed by atoms with E-state index in [2.05, 4.69) is 37.9 Å². The third-order valence-corrected chi connectivity index (χ3v) is 3.69. The van der Waals surface area contributed by atoms with Crippen LogP contribution in [0, 0.1) is 5.92 Å². The van der Waals surface area contributed by atoms with Crippen molar-refractivity contribution < 1.29 is 0 Å². The highest BCUT2D eigenvalue weighted by Gasteiger charge is 2.27. The third-order valence-electron chi connectivity index (χ3n) is 3.69. The fourth-order valence-corrected chi connectivity index (χ4v) is 2.88. The molecular weight excluding hydrogens is 196 g/mol. The van der Waals surface area contributed by atoms with Gasteiger partial charge in [-0.15, -0.1) is 0 Å². The Balaban J connectivity index is 2.35. The van der Waals surface area contributed by atoms with Crippen molar-refractivity contribution in [2.24, 2.45) is 5.92 Å². The Morgan fingerprint density at radius 2 is 2.00 bits per heavy atom. The van der Waals surface area contributed by atoms with Crippen LogP contribution in [-0.2, 0) is 0 Å². The van der Waals surface area contributed by atoms with Crippen molar-refractivity contribution >= 4 is 0 Å². The summed E-state index contributed by atoms with van der Waals surface area (Å²) in [4.78, 5) is 2.67. The van der Waals surface area contributed by atoms with Gasteiger partial charge in [0.2, 0.25) is 0 Å². The lowest BCUT2D eigenvalue weighted by atomic mass is 10.1. The van der Waals surface area contributed by atoms with Crippen molar-refractivity contribution in [2.45, 2.75) is 65.5 Å². The molecule has 1 heterocycles. The van der Waals surface area contributed by atoms with Crippen LogP contribution in [0.25, 0.3) is 0 Å². The number of rotatable bonds is 7. The lowest BCUT2D eigenvalue weighted by Crippen LogP contribution is -2.42. The molecule has 0 aliphatic carbocycles. The molecule has 0 saturated carbocycles. The zero-order valence-corrected chi connectivity index (χ0v) is 11.6. The minimum atomic E-state index is 0.706. The first kappa shape index (κ1) is 14.0. The van der Waals surface area contributed by atoms with Crippen LogP contribution in [-0.4, -0.2) is 36.6 Å². The lowest BCUT2D eigenvalue weighted by molar-refractivity contribution is 0.227. The molecule has 16 heavy (non-hydrogen) atoms. The van der Waals surface area contributed by atoms with E-state index in [9.17, 15) is 0 Å². The Morgan fingerprint density at radius 1 is 1.25 bits per heavy atom. The van der Waals surface area contributed by atoms with Crippen LogP contribution < -0.4 is 5.32 Å². The normalized spacial score (nSPS) is 28.5. The van der Waals surface area contributed by atoms with Crippen molar-refractivity contribution in [3.8, 4) is 0 Å². The maximum absolute atomic E-state index is 3.69. The predicted molar refractivity (Wildman–Crippen MR) is 71.8 cm³/mol. The molecule has 1 saturated heterocycles. The standard InChI is InChI=1S/C14H30N2/c1-5-7-14(15-8-6-2)11-16-10-12(3)9-13(16)4/h12-15H,5-11H2,1-4H3. The maximum atomic E-state index is 3.69.